The minimum absolute atomic E-state index is 0.965. The van der Waals surface area contributed by atoms with E-state index in [1.54, 1.807) is 0 Å². The van der Waals surface area contributed by atoms with Crippen LogP contribution in [-0.4, -0.2) is 0 Å². The van der Waals surface area contributed by atoms with Crippen molar-refractivity contribution in [3.05, 3.63) is 47.5 Å². The second-order valence-electron chi connectivity index (χ2n) is 3.26. The van der Waals surface area contributed by atoms with Crippen molar-refractivity contribution in [3.63, 3.8) is 0 Å². The molecule has 0 heterocycles. The molecule has 0 unspecified atom stereocenters. The maximum absolute atomic E-state index is 5.28. The Bertz CT molecular complexity index is 518. The molecule has 0 bridgehead atoms. The summed E-state index contributed by atoms with van der Waals surface area (Å²) in [6.07, 6.45) is 2.08. The molecule has 0 fully saturated rings. The topological polar surface area (TPSA) is 0 Å². The first-order valence-corrected chi connectivity index (χ1v) is 4.68. The van der Waals surface area contributed by atoms with Gasteiger partial charge in [-0.2, -0.15) is 0 Å². The highest BCUT2D eigenvalue weighted by molar-refractivity contribution is 7.90. The van der Waals surface area contributed by atoms with Crippen LogP contribution >= 0.6 is 12.6 Å². The smallest absolute Gasteiger partial charge is 0.0462 e. The zero-order chi connectivity index (χ0) is 8.84. The van der Waals surface area contributed by atoms with Crippen molar-refractivity contribution >= 4 is 34.4 Å². The quantitative estimate of drug-likeness (QED) is 0.582. The van der Waals surface area contributed by atoms with Crippen LogP contribution in [0.2, 0.25) is 0 Å². The lowest BCUT2D eigenvalue weighted by molar-refractivity contribution is 1.72. The van der Waals surface area contributed by atoms with Crippen LogP contribution in [0.25, 0.3) is 21.8 Å². The normalized spacial score (nSPS) is 13.4. The first kappa shape index (κ1) is 7.10. The standard InChI is InChI=1S/C12H7S/c13-11-7-9-5-1-3-8-4-2-6-10(11)12(8)9/h1-7H. The third kappa shape index (κ3) is 0.850. The Hall–Kier alpha value is -1.34. The average molecular weight is 183 g/mol. The van der Waals surface area contributed by atoms with E-state index in [9.17, 15) is 0 Å². The number of hydrogen-bond acceptors (Lipinski definition) is 0. The average Bonchev–Trinajstić information content (AvgIpc) is 2.47. The summed E-state index contributed by atoms with van der Waals surface area (Å²) in [4.78, 5) is 0.965. The lowest BCUT2D eigenvalue weighted by atomic mass is 10.0. The number of rotatable bonds is 0. The SMILES string of the molecule is [S]C1=Cc2cccc3cccc1c23. The fourth-order valence-electron chi connectivity index (χ4n) is 1.91. The summed E-state index contributed by atoms with van der Waals surface area (Å²) >= 11 is 5.28. The molecule has 3 rings (SSSR count). The molecule has 1 radical (unpaired) electrons. The third-order valence-corrected chi connectivity index (χ3v) is 2.83. The van der Waals surface area contributed by atoms with Crippen LogP contribution in [0.5, 0.6) is 0 Å². The van der Waals surface area contributed by atoms with Crippen LogP contribution in [0.1, 0.15) is 11.1 Å². The van der Waals surface area contributed by atoms with Crippen LogP contribution in [-0.2, 0) is 0 Å². The van der Waals surface area contributed by atoms with E-state index < -0.39 is 0 Å². The predicted molar refractivity (Wildman–Crippen MR) is 59.4 cm³/mol. The van der Waals surface area contributed by atoms with Gasteiger partial charge in [0.1, 0.15) is 0 Å². The van der Waals surface area contributed by atoms with Crippen molar-refractivity contribution in [1.29, 1.82) is 0 Å². The van der Waals surface area contributed by atoms with Gasteiger partial charge in [-0.15, -0.1) is 0 Å². The summed E-state index contributed by atoms with van der Waals surface area (Å²) in [7, 11) is 0. The summed E-state index contributed by atoms with van der Waals surface area (Å²) in [5.74, 6) is 0. The van der Waals surface area contributed by atoms with Crippen LogP contribution < -0.4 is 0 Å². The summed E-state index contributed by atoms with van der Waals surface area (Å²) in [6, 6.07) is 12.6. The molecule has 0 aliphatic heterocycles. The molecule has 1 aliphatic carbocycles. The van der Waals surface area contributed by atoms with Gasteiger partial charge in [-0.25, -0.2) is 0 Å². The molecule has 0 atom stereocenters. The van der Waals surface area contributed by atoms with E-state index in [0.717, 1.165) is 4.91 Å². The van der Waals surface area contributed by atoms with Crippen LogP contribution in [0.4, 0.5) is 0 Å². The highest BCUT2D eigenvalue weighted by atomic mass is 32.1. The van der Waals surface area contributed by atoms with Crippen molar-refractivity contribution in [1.82, 2.24) is 0 Å². The van der Waals surface area contributed by atoms with E-state index >= 15 is 0 Å². The van der Waals surface area contributed by atoms with Crippen LogP contribution in [0.3, 0.4) is 0 Å². The zero-order valence-electron chi connectivity index (χ0n) is 6.95. The fourth-order valence-corrected chi connectivity index (χ4v) is 2.21. The molecule has 2 aromatic carbocycles. The van der Waals surface area contributed by atoms with Crippen molar-refractivity contribution in [2.24, 2.45) is 0 Å². The molecular formula is C12H7S. The molecule has 0 N–H and O–H groups in total. The van der Waals surface area contributed by atoms with Gasteiger partial charge in [0.2, 0.25) is 0 Å². The van der Waals surface area contributed by atoms with Gasteiger partial charge in [0.15, 0.2) is 0 Å². The summed E-state index contributed by atoms with van der Waals surface area (Å²) in [5.41, 5.74) is 2.47. The summed E-state index contributed by atoms with van der Waals surface area (Å²) < 4.78 is 0. The lowest BCUT2D eigenvalue weighted by Crippen LogP contribution is -1.77. The Labute approximate surface area is 82.3 Å². The maximum atomic E-state index is 5.28. The van der Waals surface area contributed by atoms with E-state index in [4.69, 9.17) is 12.6 Å². The highest BCUT2D eigenvalue weighted by Gasteiger charge is 2.13. The van der Waals surface area contributed by atoms with Crippen molar-refractivity contribution in [3.8, 4) is 0 Å². The summed E-state index contributed by atoms with van der Waals surface area (Å²) in [6.45, 7) is 0. The van der Waals surface area contributed by atoms with Crippen LogP contribution in [0, 0.1) is 0 Å². The van der Waals surface area contributed by atoms with Gasteiger partial charge in [0, 0.05) is 10.5 Å². The van der Waals surface area contributed by atoms with E-state index in [-0.39, 0.29) is 0 Å². The second-order valence-corrected chi connectivity index (χ2v) is 3.70. The highest BCUT2D eigenvalue weighted by Crippen LogP contribution is 2.37. The molecule has 0 saturated carbocycles. The molecule has 2 aromatic rings. The molecule has 0 spiro atoms. The maximum Gasteiger partial charge on any atom is 0.0462 e. The first-order chi connectivity index (χ1) is 6.36. The van der Waals surface area contributed by atoms with Gasteiger partial charge >= 0.3 is 0 Å². The molecule has 0 nitrogen and oxygen atoms in total. The molecule has 0 amide bonds. The third-order valence-electron chi connectivity index (χ3n) is 2.49. The Morgan fingerprint density at radius 1 is 0.923 bits per heavy atom. The van der Waals surface area contributed by atoms with Gasteiger partial charge in [0.25, 0.3) is 0 Å². The van der Waals surface area contributed by atoms with Gasteiger partial charge < -0.3 is 0 Å². The Balaban J connectivity index is 2.59. The predicted octanol–water partition coefficient (Wildman–Crippen LogP) is 3.85. The van der Waals surface area contributed by atoms with E-state index in [1.807, 2.05) is 0 Å². The monoisotopic (exact) mass is 183 g/mol. The molecular weight excluding hydrogens is 176 g/mol. The van der Waals surface area contributed by atoms with E-state index in [0.29, 0.717) is 0 Å². The Kier molecular flexibility index (Phi) is 1.27. The van der Waals surface area contributed by atoms with E-state index in [1.165, 1.54) is 21.9 Å². The second kappa shape index (κ2) is 2.33. The minimum Gasteiger partial charge on any atom is -0.0794 e. The summed E-state index contributed by atoms with van der Waals surface area (Å²) in [5, 5.41) is 2.60. The Morgan fingerprint density at radius 3 is 2.54 bits per heavy atom. The molecule has 1 aliphatic rings. The van der Waals surface area contributed by atoms with Crippen molar-refractivity contribution in [2.75, 3.05) is 0 Å². The molecule has 0 aromatic heterocycles. The largest absolute Gasteiger partial charge is 0.0794 e. The lowest BCUT2D eigenvalue weighted by Gasteiger charge is -2.00. The van der Waals surface area contributed by atoms with Crippen LogP contribution in [0.15, 0.2) is 36.4 Å². The van der Waals surface area contributed by atoms with Crippen molar-refractivity contribution in [2.45, 2.75) is 0 Å². The van der Waals surface area contributed by atoms with Gasteiger partial charge in [-0.1, -0.05) is 49.0 Å². The van der Waals surface area contributed by atoms with Gasteiger partial charge in [-0.05, 0) is 22.4 Å². The molecule has 1 heteroatoms. The first-order valence-electron chi connectivity index (χ1n) is 4.27. The molecule has 61 valence electrons. The molecule has 13 heavy (non-hydrogen) atoms. The van der Waals surface area contributed by atoms with Crippen molar-refractivity contribution < 1.29 is 0 Å². The van der Waals surface area contributed by atoms with E-state index in [2.05, 4.69) is 42.5 Å². The number of benzene rings is 2. The van der Waals surface area contributed by atoms with Gasteiger partial charge in [-0.3, -0.25) is 0 Å². The Morgan fingerprint density at radius 2 is 1.69 bits per heavy atom. The molecule has 0 saturated heterocycles. The zero-order valence-corrected chi connectivity index (χ0v) is 7.77. The number of hydrogen-bond donors (Lipinski definition) is 0. The van der Waals surface area contributed by atoms with Gasteiger partial charge in [0.05, 0.1) is 0 Å². The minimum atomic E-state index is 0.965. The fraction of sp³-hybridized carbons (Fsp3) is 0.